The van der Waals surface area contributed by atoms with Crippen LogP contribution in [0.1, 0.15) is 34.3 Å². The normalized spacial score (nSPS) is 16.2. The lowest BCUT2D eigenvalue weighted by Gasteiger charge is -2.27. The van der Waals surface area contributed by atoms with Crippen molar-refractivity contribution in [3.05, 3.63) is 98.9 Å². The van der Waals surface area contributed by atoms with Crippen LogP contribution in [0.2, 0.25) is 0 Å². The van der Waals surface area contributed by atoms with E-state index in [1.165, 1.54) is 34.0 Å². The number of nitrogens with one attached hydrogen (secondary N) is 1. The second kappa shape index (κ2) is 15.0. The molecule has 0 aliphatic carbocycles. The van der Waals surface area contributed by atoms with Crippen molar-refractivity contribution in [3.8, 4) is 0 Å². The maximum atomic E-state index is 13.1. The van der Waals surface area contributed by atoms with E-state index in [0.717, 1.165) is 16.8 Å². The molecule has 1 fully saturated rings. The predicted octanol–water partition coefficient (Wildman–Crippen LogP) is 4.32. The van der Waals surface area contributed by atoms with Crippen molar-refractivity contribution in [1.29, 1.82) is 0 Å². The molecule has 7 N–H and O–H groups in total. The van der Waals surface area contributed by atoms with Crippen LogP contribution < -0.4 is 22.5 Å². The fourth-order valence-corrected chi connectivity index (χ4v) is 6.89. The molecular weight excluding hydrogens is 657 g/mol. The molecule has 12 nitrogen and oxygen atoms in total. The molecule has 1 amide bonds. The number of carbonyl (C=O) groups excluding carboxylic acids is 2. The number of aromatic nitrogens is 3. The number of nitrogen functional groups attached to an aromatic ring is 3. The Morgan fingerprint density at radius 1 is 0.851 bits per heavy atom. The zero-order valence-corrected chi connectivity index (χ0v) is 27.7. The van der Waals surface area contributed by atoms with Gasteiger partial charge in [-0.2, -0.15) is 0 Å². The number of nitrogens with zero attached hydrogens (tertiary/aromatic N) is 4. The molecule has 4 heterocycles. The molecule has 15 heteroatoms. The summed E-state index contributed by atoms with van der Waals surface area (Å²) in [5, 5.41) is 9.79. The average molecular weight is 691 g/mol. The molecule has 1 aliphatic heterocycles. The first-order valence-electron chi connectivity index (χ1n) is 14.9. The van der Waals surface area contributed by atoms with Gasteiger partial charge in [-0.05, 0) is 29.7 Å². The highest BCUT2D eigenvalue weighted by Gasteiger charge is 2.44. The second-order valence-corrected chi connectivity index (χ2v) is 13.7. The molecule has 0 bridgehead atoms. The summed E-state index contributed by atoms with van der Waals surface area (Å²) in [6, 6.07) is 17.4. The standard InChI is InChI=1S/C32H34N8O4S3/c33-30-37-22(16-45-30)12-25-29(44-25)40(11-10-19-6-8-21(9-7-19)36-27(41)13-23-17-46-31(34)38-23)15-26(20-4-2-1-3-5-20)43-28(42)14-24-18-47-32(35)39-24/h1-9,16-18,25-26,29H,10-15H2,(H2,33,37)(H2,34,38)(H2,35,39)(H,36,41)/t25?,26-,29?/m0/s1. The van der Waals surface area contributed by atoms with E-state index in [2.05, 4.69) is 25.2 Å². The van der Waals surface area contributed by atoms with Gasteiger partial charge < -0.3 is 32.0 Å². The van der Waals surface area contributed by atoms with Crippen LogP contribution in [0.5, 0.6) is 0 Å². The Morgan fingerprint density at radius 3 is 2.09 bits per heavy atom. The van der Waals surface area contributed by atoms with E-state index in [1.54, 1.807) is 10.8 Å². The first kappa shape index (κ1) is 32.5. The van der Waals surface area contributed by atoms with Gasteiger partial charge in [-0.1, -0.05) is 42.5 Å². The number of benzene rings is 2. The highest BCUT2D eigenvalue weighted by molar-refractivity contribution is 7.14. The summed E-state index contributed by atoms with van der Waals surface area (Å²) in [5.74, 6) is -0.543. The lowest BCUT2D eigenvalue weighted by Crippen LogP contribution is -2.36. The average Bonchev–Trinajstić information content (AvgIpc) is 3.27. The number of hydrogen-bond acceptors (Lipinski definition) is 14. The minimum Gasteiger partial charge on any atom is -0.456 e. The number of ether oxygens (including phenoxy) is 2. The third-order valence-corrected chi connectivity index (χ3v) is 9.64. The SMILES string of the molecule is Nc1nc(CC(=O)Nc2ccc(CCN(C[C@H](OC(=O)Cc3csc(N)n3)c3ccccc3)C3OC3Cc3csc(N)n3)cc2)cs1. The molecule has 1 aliphatic rings. The fourth-order valence-electron chi connectivity index (χ4n) is 5.19. The molecule has 2 unspecified atom stereocenters. The number of epoxide rings is 1. The van der Waals surface area contributed by atoms with Crippen molar-refractivity contribution in [2.75, 3.05) is 35.6 Å². The molecular formula is C32H34N8O4S3. The lowest BCUT2D eigenvalue weighted by atomic mass is 10.1. The largest absolute Gasteiger partial charge is 0.456 e. The van der Waals surface area contributed by atoms with Crippen molar-refractivity contribution in [1.82, 2.24) is 19.9 Å². The Bertz CT molecular complexity index is 1790. The number of carbonyl (C=O) groups is 2. The molecule has 2 aromatic carbocycles. The molecule has 1 saturated heterocycles. The molecule has 3 atom stereocenters. The van der Waals surface area contributed by atoms with Gasteiger partial charge in [0.1, 0.15) is 18.4 Å². The number of rotatable bonds is 15. The summed E-state index contributed by atoms with van der Waals surface area (Å²) in [5.41, 5.74) is 22.1. The highest BCUT2D eigenvalue weighted by Crippen LogP contribution is 2.33. The zero-order valence-electron chi connectivity index (χ0n) is 25.3. The Kier molecular flexibility index (Phi) is 10.4. The van der Waals surface area contributed by atoms with Crippen LogP contribution in [0.3, 0.4) is 0 Å². The van der Waals surface area contributed by atoms with Crippen molar-refractivity contribution < 1.29 is 19.1 Å². The van der Waals surface area contributed by atoms with Crippen molar-refractivity contribution in [2.45, 2.75) is 44.1 Å². The number of esters is 1. The number of amides is 1. The van der Waals surface area contributed by atoms with Gasteiger partial charge in [0.2, 0.25) is 5.91 Å². The smallest absolute Gasteiger partial charge is 0.312 e. The van der Waals surface area contributed by atoms with E-state index < -0.39 is 6.10 Å². The molecule has 47 heavy (non-hydrogen) atoms. The summed E-state index contributed by atoms with van der Waals surface area (Å²) in [6.45, 7) is 1.06. The summed E-state index contributed by atoms with van der Waals surface area (Å²) in [6.07, 6.45) is 0.752. The maximum absolute atomic E-state index is 13.1. The topological polar surface area (TPSA) is 188 Å². The number of hydrogen-bond donors (Lipinski definition) is 4. The Labute approximate surface area is 283 Å². The minimum atomic E-state index is -0.537. The van der Waals surface area contributed by atoms with Crippen LogP contribution in [-0.4, -0.2) is 57.1 Å². The summed E-state index contributed by atoms with van der Waals surface area (Å²) in [4.78, 5) is 40.5. The van der Waals surface area contributed by atoms with Crippen LogP contribution in [0.4, 0.5) is 21.1 Å². The van der Waals surface area contributed by atoms with Crippen LogP contribution >= 0.6 is 34.0 Å². The predicted molar refractivity (Wildman–Crippen MR) is 185 cm³/mol. The van der Waals surface area contributed by atoms with Crippen LogP contribution in [0, 0.1) is 0 Å². The van der Waals surface area contributed by atoms with E-state index in [1.807, 2.05) is 60.0 Å². The highest BCUT2D eigenvalue weighted by atomic mass is 32.1. The monoisotopic (exact) mass is 690 g/mol. The van der Waals surface area contributed by atoms with Crippen molar-refractivity contribution in [3.63, 3.8) is 0 Å². The van der Waals surface area contributed by atoms with Crippen molar-refractivity contribution in [2.24, 2.45) is 0 Å². The first-order chi connectivity index (χ1) is 22.8. The van der Waals surface area contributed by atoms with Gasteiger partial charge in [0.05, 0.1) is 29.9 Å². The van der Waals surface area contributed by atoms with Gasteiger partial charge in [0.25, 0.3) is 0 Å². The summed E-state index contributed by atoms with van der Waals surface area (Å²) >= 11 is 4.01. The first-order valence-corrected chi connectivity index (χ1v) is 17.5. The Balaban J connectivity index is 1.13. The number of nitrogens with two attached hydrogens (primary N) is 3. The molecule has 6 rings (SSSR count). The van der Waals surface area contributed by atoms with E-state index in [-0.39, 0.29) is 37.0 Å². The Morgan fingerprint density at radius 2 is 1.47 bits per heavy atom. The lowest BCUT2D eigenvalue weighted by molar-refractivity contribution is -0.150. The Hall–Kier alpha value is -4.41. The van der Waals surface area contributed by atoms with E-state index in [0.29, 0.717) is 58.4 Å². The van der Waals surface area contributed by atoms with Gasteiger partial charge >= 0.3 is 5.97 Å². The van der Waals surface area contributed by atoms with E-state index >= 15 is 0 Å². The van der Waals surface area contributed by atoms with Crippen LogP contribution in [-0.2, 0) is 44.7 Å². The molecule has 5 aromatic rings. The third kappa shape index (κ3) is 9.33. The van der Waals surface area contributed by atoms with Gasteiger partial charge in [0, 0.05) is 41.3 Å². The fraction of sp³-hybridized carbons (Fsp3) is 0.281. The molecule has 0 radical (unpaired) electrons. The summed E-state index contributed by atoms with van der Waals surface area (Å²) < 4.78 is 12.2. The van der Waals surface area contributed by atoms with Crippen LogP contribution in [0.15, 0.2) is 70.7 Å². The van der Waals surface area contributed by atoms with E-state index in [9.17, 15) is 9.59 Å². The quantitative estimate of drug-likeness (QED) is 0.0905. The minimum absolute atomic E-state index is 0.0333. The zero-order chi connectivity index (χ0) is 32.8. The molecule has 244 valence electrons. The van der Waals surface area contributed by atoms with Gasteiger partial charge in [-0.3, -0.25) is 14.5 Å². The molecule has 0 spiro atoms. The maximum Gasteiger partial charge on any atom is 0.312 e. The third-order valence-electron chi connectivity index (χ3n) is 7.47. The van der Waals surface area contributed by atoms with E-state index in [4.69, 9.17) is 26.7 Å². The number of thiazole rings is 3. The summed E-state index contributed by atoms with van der Waals surface area (Å²) in [7, 11) is 0. The van der Waals surface area contributed by atoms with Crippen molar-refractivity contribution >= 4 is 67.0 Å². The number of anilines is 4. The van der Waals surface area contributed by atoms with Crippen LogP contribution in [0.25, 0.3) is 0 Å². The molecule has 3 aromatic heterocycles. The van der Waals surface area contributed by atoms with Gasteiger partial charge in [-0.25, -0.2) is 15.0 Å². The van der Waals surface area contributed by atoms with Gasteiger partial charge in [-0.15, -0.1) is 34.0 Å². The second-order valence-electron chi connectivity index (χ2n) is 11.0. The van der Waals surface area contributed by atoms with Gasteiger partial charge in [0.15, 0.2) is 15.4 Å². The molecule has 0 saturated carbocycles.